The SMILES string of the molecule is O=[N+]([O-])c1ccccc1S(=O)(=O)O.[H-].[K+]. The molecule has 6 nitrogen and oxygen atoms in total. The van der Waals surface area contributed by atoms with E-state index in [4.69, 9.17) is 4.55 Å². The molecule has 72 valence electrons. The van der Waals surface area contributed by atoms with Crippen LogP contribution in [0.3, 0.4) is 0 Å². The molecule has 1 aromatic rings. The van der Waals surface area contributed by atoms with Crippen LogP contribution in [0.4, 0.5) is 5.69 Å². The Hall–Kier alpha value is 0.166. The van der Waals surface area contributed by atoms with Gasteiger partial charge < -0.3 is 1.43 Å². The number of nitro benzene ring substituents is 1. The minimum absolute atomic E-state index is 0. The first-order valence-corrected chi connectivity index (χ1v) is 4.58. The Morgan fingerprint density at radius 1 is 1.36 bits per heavy atom. The smallest absolute Gasteiger partial charge is 1.00 e. The van der Waals surface area contributed by atoms with Crippen molar-refractivity contribution in [1.29, 1.82) is 0 Å². The third-order valence-electron chi connectivity index (χ3n) is 1.34. The van der Waals surface area contributed by atoms with Crippen molar-refractivity contribution in [3.63, 3.8) is 0 Å². The van der Waals surface area contributed by atoms with Gasteiger partial charge in [-0.2, -0.15) is 8.42 Å². The minimum atomic E-state index is -4.52. The Morgan fingerprint density at radius 3 is 2.21 bits per heavy atom. The molecule has 0 radical (unpaired) electrons. The van der Waals surface area contributed by atoms with Crippen molar-refractivity contribution in [2.75, 3.05) is 0 Å². The van der Waals surface area contributed by atoms with Gasteiger partial charge in [0.1, 0.15) is 0 Å². The molecule has 0 aliphatic heterocycles. The molecule has 0 atom stereocenters. The van der Waals surface area contributed by atoms with Gasteiger partial charge in [-0.15, -0.1) is 0 Å². The molecule has 8 heteroatoms. The number of benzene rings is 1. The fourth-order valence-corrected chi connectivity index (χ4v) is 1.48. The van der Waals surface area contributed by atoms with E-state index in [2.05, 4.69) is 0 Å². The molecule has 1 rings (SSSR count). The number of hydrogen-bond acceptors (Lipinski definition) is 4. The maximum Gasteiger partial charge on any atom is 1.00 e. The average molecular weight is 243 g/mol. The quantitative estimate of drug-likeness (QED) is 0.279. The number of hydrogen-bond donors (Lipinski definition) is 1. The average Bonchev–Trinajstić information content (AvgIpc) is 2.03. The largest absolute Gasteiger partial charge is 1.00 e. The maximum absolute atomic E-state index is 10.6. The summed E-state index contributed by atoms with van der Waals surface area (Å²) < 4.78 is 29.8. The predicted molar refractivity (Wildman–Crippen MR) is 44.0 cm³/mol. The zero-order chi connectivity index (χ0) is 10.1. The van der Waals surface area contributed by atoms with Gasteiger partial charge in [0.15, 0.2) is 4.90 Å². The van der Waals surface area contributed by atoms with Crippen molar-refractivity contribution >= 4 is 15.8 Å². The number of nitro groups is 1. The Balaban J connectivity index is 0. The molecule has 0 amide bonds. The molecule has 0 heterocycles. The second kappa shape index (κ2) is 5.31. The Labute approximate surface area is 124 Å². The van der Waals surface area contributed by atoms with E-state index in [-0.39, 0.29) is 52.8 Å². The van der Waals surface area contributed by atoms with Crippen LogP contribution in [-0.4, -0.2) is 17.9 Å². The van der Waals surface area contributed by atoms with Gasteiger partial charge in [0.25, 0.3) is 5.69 Å². The molecular formula is C6H6KNO5S. The van der Waals surface area contributed by atoms with E-state index in [1.54, 1.807) is 0 Å². The van der Waals surface area contributed by atoms with E-state index >= 15 is 0 Å². The maximum atomic E-state index is 10.6. The van der Waals surface area contributed by atoms with Crippen LogP contribution in [0.1, 0.15) is 1.43 Å². The van der Waals surface area contributed by atoms with E-state index in [1.807, 2.05) is 0 Å². The van der Waals surface area contributed by atoms with Gasteiger partial charge in [0.05, 0.1) is 4.92 Å². The van der Waals surface area contributed by atoms with Crippen molar-refractivity contribution in [3.8, 4) is 0 Å². The van der Waals surface area contributed by atoms with E-state index in [0.717, 1.165) is 12.1 Å². The first-order valence-electron chi connectivity index (χ1n) is 3.14. The Bertz CT molecular complexity index is 449. The molecule has 14 heavy (non-hydrogen) atoms. The second-order valence-electron chi connectivity index (χ2n) is 2.20. The van der Waals surface area contributed by atoms with Crippen LogP contribution in [0.2, 0.25) is 0 Å². The van der Waals surface area contributed by atoms with Crippen molar-refractivity contribution < 1.29 is 70.7 Å². The second-order valence-corrected chi connectivity index (χ2v) is 3.59. The number of para-hydroxylation sites is 1. The molecule has 0 spiro atoms. The van der Waals surface area contributed by atoms with Crippen LogP contribution in [0.5, 0.6) is 0 Å². The third kappa shape index (κ3) is 3.39. The predicted octanol–water partition coefficient (Wildman–Crippen LogP) is -2.04. The molecule has 0 saturated heterocycles. The summed E-state index contributed by atoms with van der Waals surface area (Å²) in [7, 11) is -4.52. The zero-order valence-corrected chi connectivity index (χ0v) is 11.2. The first kappa shape index (κ1) is 14.2. The van der Waals surface area contributed by atoms with E-state index in [0.29, 0.717) is 0 Å². The number of nitrogens with zero attached hydrogens (tertiary/aromatic N) is 1. The minimum Gasteiger partial charge on any atom is -1.00 e. The zero-order valence-electron chi connectivity index (χ0n) is 8.25. The van der Waals surface area contributed by atoms with Gasteiger partial charge in [0.2, 0.25) is 0 Å². The van der Waals surface area contributed by atoms with Crippen LogP contribution in [0.25, 0.3) is 0 Å². The normalized spacial score (nSPS) is 10.4. The molecule has 0 saturated carbocycles. The molecule has 1 aromatic carbocycles. The summed E-state index contributed by atoms with van der Waals surface area (Å²) >= 11 is 0. The molecular weight excluding hydrogens is 237 g/mol. The first-order chi connectivity index (χ1) is 5.93. The fraction of sp³-hybridized carbons (Fsp3) is 0. The summed E-state index contributed by atoms with van der Waals surface area (Å²) in [4.78, 5) is 8.73. The molecule has 0 fully saturated rings. The third-order valence-corrected chi connectivity index (χ3v) is 2.24. The van der Waals surface area contributed by atoms with Crippen LogP contribution in [-0.2, 0) is 10.1 Å². The Kier molecular flexibility index (Phi) is 5.37. The molecule has 0 bridgehead atoms. The van der Waals surface area contributed by atoms with Gasteiger partial charge in [-0.3, -0.25) is 14.7 Å². The molecule has 0 unspecified atom stereocenters. The molecule has 1 N–H and O–H groups in total. The number of rotatable bonds is 2. The summed E-state index contributed by atoms with van der Waals surface area (Å²) in [6.45, 7) is 0. The molecule has 0 aromatic heterocycles. The summed E-state index contributed by atoms with van der Waals surface area (Å²) in [5, 5.41) is 10.3. The van der Waals surface area contributed by atoms with Gasteiger partial charge in [-0.25, -0.2) is 0 Å². The monoisotopic (exact) mass is 243 g/mol. The van der Waals surface area contributed by atoms with Gasteiger partial charge >= 0.3 is 61.5 Å². The van der Waals surface area contributed by atoms with E-state index < -0.39 is 25.6 Å². The van der Waals surface area contributed by atoms with Gasteiger partial charge in [0, 0.05) is 6.07 Å². The van der Waals surface area contributed by atoms with Crippen molar-refractivity contribution in [2.45, 2.75) is 4.90 Å². The topological polar surface area (TPSA) is 97.5 Å². The van der Waals surface area contributed by atoms with Crippen LogP contribution in [0.15, 0.2) is 29.2 Å². The summed E-state index contributed by atoms with van der Waals surface area (Å²) in [5.41, 5.74) is -0.634. The van der Waals surface area contributed by atoms with E-state index in [1.165, 1.54) is 12.1 Å². The van der Waals surface area contributed by atoms with Crippen molar-refractivity contribution in [1.82, 2.24) is 0 Å². The standard InChI is InChI=1S/C6H5NO5S.K.H/c8-7(9)5-3-1-2-4-6(5)13(10,11)12;;/h1-4H,(H,10,11,12);;/q;+1;-1. The van der Waals surface area contributed by atoms with Crippen molar-refractivity contribution in [2.24, 2.45) is 0 Å². The van der Waals surface area contributed by atoms with Crippen LogP contribution >= 0.6 is 0 Å². The summed E-state index contributed by atoms with van der Waals surface area (Å²) in [6.07, 6.45) is 0. The van der Waals surface area contributed by atoms with Gasteiger partial charge in [-0.1, -0.05) is 12.1 Å². The van der Waals surface area contributed by atoms with Crippen LogP contribution < -0.4 is 51.4 Å². The Morgan fingerprint density at radius 2 is 1.86 bits per heavy atom. The fourth-order valence-electron chi connectivity index (χ4n) is 0.826. The molecule has 0 aliphatic carbocycles. The van der Waals surface area contributed by atoms with Crippen LogP contribution in [0, 0.1) is 10.1 Å². The van der Waals surface area contributed by atoms with E-state index in [9.17, 15) is 18.5 Å². The van der Waals surface area contributed by atoms with Gasteiger partial charge in [-0.05, 0) is 6.07 Å². The van der Waals surface area contributed by atoms with Crippen molar-refractivity contribution in [3.05, 3.63) is 34.4 Å². The summed E-state index contributed by atoms with van der Waals surface area (Å²) in [5.74, 6) is 0. The molecule has 0 aliphatic rings. The summed E-state index contributed by atoms with van der Waals surface area (Å²) in [6, 6.07) is 4.57.